The zero-order valence-electron chi connectivity index (χ0n) is 11.9. The minimum Gasteiger partial charge on any atom is -0.359 e. The second-order valence-corrected chi connectivity index (χ2v) is 5.54. The molecule has 0 aromatic carbocycles. The van der Waals surface area contributed by atoms with Gasteiger partial charge in [0.2, 0.25) is 11.8 Å². The van der Waals surface area contributed by atoms with Gasteiger partial charge in [0.1, 0.15) is 6.20 Å². The van der Waals surface area contributed by atoms with E-state index in [-0.39, 0.29) is 11.5 Å². The van der Waals surface area contributed by atoms with Crippen LogP contribution in [0.15, 0.2) is 18.3 Å². The maximum Gasteiger partial charge on any atom is 0.329 e. The first-order valence-corrected chi connectivity index (χ1v) is 7.52. The van der Waals surface area contributed by atoms with Crippen LogP contribution in [-0.4, -0.2) is 21.4 Å². The molecule has 0 saturated heterocycles. The van der Waals surface area contributed by atoms with Crippen molar-refractivity contribution in [2.24, 2.45) is 0 Å². The van der Waals surface area contributed by atoms with Crippen molar-refractivity contribution in [3.8, 4) is 0 Å². The van der Waals surface area contributed by atoms with Crippen molar-refractivity contribution < 1.29 is 4.92 Å². The van der Waals surface area contributed by atoms with Gasteiger partial charge in [-0.15, -0.1) is 11.3 Å². The number of thiophene rings is 1. The third-order valence-corrected chi connectivity index (χ3v) is 4.03. The monoisotopic (exact) mass is 307 g/mol. The quantitative estimate of drug-likeness (QED) is 0.603. The number of aryl methyl sites for hydroxylation is 1. The van der Waals surface area contributed by atoms with E-state index in [0.717, 1.165) is 11.3 Å². The highest BCUT2D eigenvalue weighted by Crippen LogP contribution is 2.24. The van der Waals surface area contributed by atoms with Crippen LogP contribution in [0.2, 0.25) is 0 Å². The fourth-order valence-electron chi connectivity index (χ4n) is 1.76. The Morgan fingerprint density at radius 2 is 2.05 bits per heavy atom. The summed E-state index contributed by atoms with van der Waals surface area (Å²) in [6.45, 7) is 5.17. The van der Waals surface area contributed by atoms with Crippen LogP contribution in [0.5, 0.6) is 0 Å². The number of aromatic nitrogens is 2. The molecule has 2 aromatic heterocycles. The molecule has 0 aliphatic rings. The van der Waals surface area contributed by atoms with Crippen LogP contribution >= 0.6 is 11.3 Å². The van der Waals surface area contributed by atoms with E-state index in [9.17, 15) is 10.1 Å². The summed E-state index contributed by atoms with van der Waals surface area (Å²) < 4.78 is 0. The van der Waals surface area contributed by atoms with E-state index in [2.05, 4.69) is 33.6 Å². The first kappa shape index (κ1) is 15.2. The number of hydrogen-bond donors (Lipinski definition) is 2. The van der Waals surface area contributed by atoms with E-state index in [0.29, 0.717) is 19.0 Å². The van der Waals surface area contributed by atoms with Crippen molar-refractivity contribution >= 4 is 28.8 Å². The van der Waals surface area contributed by atoms with Crippen molar-refractivity contribution in [3.05, 3.63) is 38.2 Å². The van der Waals surface area contributed by atoms with E-state index in [1.807, 2.05) is 13.0 Å². The van der Waals surface area contributed by atoms with Gasteiger partial charge in [0.15, 0.2) is 0 Å². The molecule has 2 N–H and O–H groups in total. The molecule has 0 radical (unpaired) electrons. The molecular formula is C13H17N5O2S. The zero-order valence-corrected chi connectivity index (χ0v) is 12.7. The van der Waals surface area contributed by atoms with Crippen LogP contribution in [0.25, 0.3) is 0 Å². The molecule has 0 bridgehead atoms. The van der Waals surface area contributed by atoms with E-state index in [4.69, 9.17) is 0 Å². The summed E-state index contributed by atoms with van der Waals surface area (Å²) in [4.78, 5) is 21.0. The lowest BCUT2D eigenvalue weighted by atomic mass is 10.3. The topological polar surface area (TPSA) is 93.0 Å². The third-order valence-electron chi connectivity index (χ3n) is 2.80. The number of hydrogen-bond acceptors (Lipinski definition) is 7. The normalized spacial score (nSPS) is 10.4. The van der Waals surface area contributed by atoms with Crippen molar-refractivity contribution in [2.45, 2.75) is 26.8 Å². The smallest absolute Gasteiger partial charge is 0.329 e. The van der Waals surface area contributed by atoms with Gasteiger partial charge in [-0.05, 0) is 25.5 Å². The molecule has 0 saturated carbocycles. The third kappa shape index (κ3) is 3.88. The minimum absolute atomic E-state index is 0.121. The molecule has 0 unspecified atom stereocenters. The molecule has 21 heavy (non-hydrogen) atoms. The van der Waals surface area contributed by atoms with Crippen molar-refractivity contribution in [3.63, 3.8) is 0 Å². The zero-order chi connectivity index (χ0) is 15.2. The lowest BCUT2D eigenvalue weighted by molar-refractivity contribution is -0.384. The first-order valence-electron chi connectivity index (χ1n) is 6.70. The maximum absolute atomic E-state index is 11.0. The van der Waals surface area contributed by atoms with E-state index in [1.54, 1.807) is 11.3 Å². The second-order valence-electron chi connectivity index (χ2n) is 4.29. The molecule has 0 aliphatic carbocycles. The van der Waals surface area contributed by atoms with Crippen molar-refractivity contribution in [2.75, 3.05) is 17.2 Å². The van der Waals surface area contributed by atoms with Crippen LogP contribution < -0.4 is 10.6 Å². The Hall–Kier alpha value is -2.22. The van der Waals surface area contributed by atoms with Gasteiger partial charge in [-0.2, -0.15) is 4.98 Å². The summed E-state index contributed by atoms with van der Waals surface area (Å²) in [6.07, 6.45) is 2.21. The molecule has 0 aliphatic heterocycles. The molecule has 7 nitrogen and oxygen atoms in total. The maximum atomic E-state index is 11.0. The van der Waals surface area contributed by atoms with Crippen molar-refractivity contribution in [1.29, 1.82) is 0 Å². The Kier molecular flexibility index (Phi) is 5.04. The number of nitrogens with zero attached hydrogens (tertiary/aromatic N) is 3. The molecular weight excluding hydrogens is 290 g/mol. The Bertz CT molecular complexity index is 629. The lowest BCUT2D eigenvalue weighted by Crippen LogP contribution is -2.08. The Labute approximate surface area is 126 Å². The van der Waals surface area contributed by atoms with Gasteiger partial charge < -0.3 is 10.6 Å². The number of anilines is 2. The highest BCUT2D eigenvalue weighted by atomic mass is 32.1. The van der Waals surface area contributed by atoms with Gasteiger partial charge in [0, 0.05) is 16.3 Å². The molecule has 0 fully saturated rings. The van der Waals surface area contributed by atoms with Gasteiger partial charge in [-0.25, -0.2) is 4.98 Å². The summed E-state index contributed by atoms with van der Waals surface area (Å²) in [5, 5.41) is 17.0. The highest BCUT2D eigenvalue weighted by molar-refractivity contribution is 7.12. The number of rotatable bonds is 7. The molecule has 2 heterocycles. The summed E-state index contributed by atoms with van der Waals surface area (Å²) in [5.74, 6) is 0.614. The fraction of sp³-hybridized carbons (Fsp3) is 0.385. The van der Waals surface area contributed by atoms with Gasteiger partial charge in [-0.3, -0.25) is 10.1 Å². The predicted molar refractivity (Wildman–Crippen MR) is 83.9 cm³/mol. The van der Waals surface area contributed by atoms with Crippen molar-refractivity contribution in [1.82, 2.24) is 9.97 Å². The second kappa shape index (κ2) is 6.98. The molecule has 8 heteroatoms. The molecule has 0 amide bonds. The Balaban J connectivity index is 2.16. The highest BCUT2D eigenvalue weighted by Gasteiger charge is 2.17. The molecule has 0 spiro atoms. The fourth-order valence-corrected chi connectivity index (χ4v) is 2.66. The summed E-state index contributed by atoms with van der Waals surface area (Å²) in [5.41, 5.74) is -0.121. The van der Waals surface area contributed by atoms with Gasteiger partial charge >= 0.3 is 5.69 Å². The first-order chi connectivity index (χ1) is 10.1. The van der Waals surface area contributed by atoms with Crippen LogP contribution in [0.1, 0.15) is 23.6 Å². The summed E-state index contributed by atoms with van der Waals surface area (Å²) >= 11 is 1.69. The average molecular weight is 307 g/mol. The van der Waals surface area contributed by atoms with Gasteiger partial charge in [0.25, 0.3) is 0 Å². The molecule has 0 atom stereocenters. The SMILES string of the molecule is CCNc1ncc([N+](=O)[O-])c(NCc2ccc(CC)s2)n1. The van der Waals surface area contributed by atoms with Crippen LogP contribution in [0, 0.1) is 10.1 Å². The van der Waals surface area contributed by atoms with Crippen LogP contribution in [-0.2, 0) is 13.0 Å². The van der Waals surface area contributed by atoms with Gasteiger partial charge in [0.05, 0.1) is 11.5 Å². The minimum atomic E-state index is -0.482. The van der Waals surface area contributed by atoms with E-state index < -0.39 is 4.92 Å². The van der Waals surface area contributed by atoms with Crippen LogP contribution in [0.4, 0.5) is 17.5 Å². The Morgan fingerprint density at radius 3 is 2.67 bits per heavy atom. The summed E-state index contributed by atoms with van der Waals surface area (Å²) in [6, 6.07) is 4.09. The molecule has 2 aromatic rings. The Morgan fingerprint density at radius 1 is 1.29 bits per heavy atom. The largest absolute Gasteiger partial charge is 0.359 e. The average Bonchev–Trinajstić information content (AvgIpc) is 2.93. The molecule has 112 valence electrons. The standard InChI is InChI=1S/C13H17N5O2S/c1-3-9-5-6-10(21-9)7-15-12-11(18(19)20)8-16-13(17-12)14-4-2/h5-6,8H,3-4,7H2,1-2H3,(H2,14,15,16,17). The van der Waals surface area contributed by atoms with E-state index in [1.165, 1.54) is 11.1 Å². The van der Waals surface area contributed by atoms with E-state index >= 15 is 0 Å². The predicted octanol–water partition coefficient (Wildman–Crippen LogP) is 3.05. The van der Waals surface area contributed by atoms with Crippen LogP contribution in [0.3, 0.4) is 0 Å². The molecule has 2 rings (SSSR count). The number of nitrogens with one attached hydrogen (secondary N) is 2. The lowest BCUT2D eigenvalue weighted by Gasteiger charge is -2.07. The number of nitro groups is 1. The summed E-state index contributed by atoms with van der Waals surface area (Å²) in [7, 11) is 0. The van der Waals surface area contributed by atoms with Gasteiger partial charge in [-0.1, -0.05) is 6.92 Å².